The van der Waals surface area contributed by atoms with Crippen LogP contribution >= 0.6 is 0 Å². The fourth-order valence-electron chi connectivity index (χ4n) is 10.3. The molecule has 0 rings (SSSR count). The van der Waals surface area contributed by atoms with Crippen LogP contribution in [0.2, 0.25) is 0 Å². The first-order valence-corrected chi connectivity index (χ1v) is 35.7. The van der Waals surface area contributed by atoms with Crippen molar-refractivity contribution < 1.29 is 28.6 Å². The summed E-state index contributed by atoms with van der Waals surface area (Å²) in [7, 11) is 0. The molecule has 0 aromatic carbocycles. The van der Waals surface area contributed by atoms with Gasteiger partial charge in [-0.05, 0) is 116 Å². The summed E-state index contributed by atoms with van der Waals surface area (Å²) in [5, 5.41) is 0. The lowest BCUT2D eigenvalue weighted by molar-refractivity contribution is -0.167. The van der Waals surface area contributed by atoms with Crippen LogP contribution in [0.4, 0.5) is 0 Å². The minimum absolute atomic E-state index is 0.0848. The molecule has 0 aliphatic rings. The first kappa shape index (κ1) is 79.3. The molecule has 1 unspecified atom stereocenters. The first-order chi connectivity index (χ1) is 41.0. The minimum Gasteiger partial charge on any atom is -0.462 e. The number of ether oxygens (including phenoxy) is 3. The normalized spacial score (nSPS) is 12.7. The molecule has 0 bridgehead atoms. The largest absolute Gasteiger partial charge is 0.462 e. The van der Waals surface area contributed by atoms with Crippen molar-refractivity contribution in [2.45, 2.75) is 361 Å². The van der Waals surface area contributed by atoms with Gasteiger partial charge in [-0.25, -0.2) is 0 Å². The Morgan fingerprint density at radius 1 is 0.253 bits per heavy atom. The van der Waals surface area contributed by atoms with Crippen molar-refractivity contribution in [2.75, 3.05) is 13.2 Å². The Bertz CT molecular complexity index is 1610. The van der Waals surface area contributed by atoms with E-state index in [1.165, 1.54) is 205 Å². The number of hydrogen-bond donors (Lipinski definition) is 0. The zero-order valence-corrected chi connectivity index (χ0v) is 54.9. The van der Waals surface area contributed by atoms with Gasteiger partial charge in [-0.2, -0.15) is 0 Å². The zero-order valence-electron chi connectivity index (χ0n) is 54.9. The summed E-state index contributed by atoms with van der Waals surface area (Å²) in [5.74, 6) is -0.900. The highest BCUT2D eigenvalue weighted by Crippen LogP contribution is 2.18. The van der Waals surface area contributed by atoms with E-state index >= 15 is 0 Å². The predicted molar refractivity (Wildman–Crippen MR) is 362 cm³/mol. The molecular formula is C77H134O6. The fourth-order valence-corrected chi connectivity index (χ4v) is 10.3. The standard InChI is InChI=1S/C77H134O6/c1-4-7-10-13-16-19-22-25-27-29-31-33-35-37-38-40-41-43-45-47-49-52-55-58-61-64-67-70-76(79)82-73-74(72-81-75(78)69-66-63-60-57-54-51-24-21-18-15-12-9-6-3)83-77(80)71-68-65-62-59-56-53-50-48-46-44-42-39-36-34-32-30-28-26-23-20-17-14-11-8-5-2/h7,9-10,12,16,18-19,21,25,27,30-33,51,54,74H,4-6,8,11,13-15,17,20,22-24,26,28-29,34-50,52-53,55-73H2,1-3H3/b10-7-,12-9-,19-16-,21-18-,27-25-,32-30-,33-31-,54-51-. The predicted octanol–water partition coefficient (Wildman–Crippen LogP) is 24.8. The van der Waals surface area contributed by atoms with Crippen molar-refractivity contribution >= 4 is 17.9 Å². The number of carbonyl (C=O) groups excluding carboxylic acids is 3. The van der Waals surface area contributed by atoms with Gasteiger partial charge in [-0.3, -0.25) is 14.4 Å². The van der Waals surface area contributed by atoms with Crippen molar-refractivity contribution in [1.82, 2.24) is 0 Å². The molecular weight excluding hydrogens is 1020 g/mol. The van der Waals surface area contributed by atoms with Crippen molar-refractivity contribution in [3.63, 3.8) is 0 Å². The van der Waals surface area contributed by atoms with E-state index < -0.39 is 6.10 Å². The van der Waals surface area contributed by atoms with Gasteiger partial charge in [0.05, 0.1) is 0 Å². The molecule has 0 aliphatic heterocycles. The van der Waals surface area contributed by atoms with Gasteiger partial charge in [0.2, 0.25) is 0 Å². The van der Waals surface area contributed by atoms with Crippen LogP contribution in [0.25, 0.3) is 0 Å². The summed E-state index contributed by atoms with van der Waals surface area (Å²) in [6.07, 6.45) is 95.9. The van der Waals surface area contributed by atoms with Gasteiger partial charge in [0.15, 0.2) is 6.10 Å². The second-order valence-electron chi connectivity index (χ2n) is 23.7. The van der Waals surface area contributed by atoms with Crippen molar-refractivity contribution in [1.29, 1.82) is 0 Å². The second-order valence-corrected chi connectivity index (χ2v) is 23.7. The molecule has 0 amide bonds. The molecule has 0 heterocycles. The summed E-state index contributed by atoms with van der Waals surface area (Å²) in [4.78, 5) is 38.4. The van der Waals surface area contributed by atoms with Gasteiger partial charge in [-0.1, -0.05) is 317 Å². The summed E-state index contributed by atoms with van der Waals surface area (Å²) in [5.41, 5.74) is 0. The topological polar surface area (TPSA) is 78.9 Å². The monoisotopic (exact) mass is 1160 g/mol. The lowest BCUT2D eigenvalue weighted by atomic mass is 10.0. The molecule has 0 saturated carbocycles. The molecule has 0 radical (unpaired) electrons. The fraction of sp³-hybridized carbons (Fsp3) is 0.753. The van der Waals surface area contributed by atoms with Crippen molar-refractivity contribution in [2.24, 2.45) is 0 Å². The lowest BCUT2D eigenvalue weighted by Gasteiger charge is -2.18. The number of allylic oxidation sites excluding steroid dienone is 16. The molecule has 6 nitrogen and oxygen atoms in total. The molecule has 6 heteroatoms. The molecule has 0 N–H and O–H groups in total. The minimum atomic E-state index is -0.791. The molecule has 0 aromatic heterocycles. The molecule has 0 fully saturated rings. The highest BCUT2D eigenvalue weighted by atomic mass is 16.6. The summed E-state index contributed by atoms with van der Waals surface area (Å²) in [6.45, 7) is 6.43. The van der Waals surface area contributed by atoms with Crippen LogP contribution in [-0.2, 0) is 28.6 Å². The van der Waals surface area contributed by atoms with Crippen LogP contribution in [0.1, 0.15) is 355 Å². The van der Waals surface area contributed by atoms with Gasteiger partial charge in [0.1, 0.15) is 13.2 Å². The van der Waals surface area contributed by atoms with E-state index in [-0.39, 0.29) is 31.1 Å². The molecule has 0 aromatic rings. The summed E-state index contributed by atoms with van der Waals surface area (Å²) in [6, 6.07) is 0. The highest BCUT2D eigenvalue weighted by molar-refractivity contribution is 5.71. The lowest BCUT2D eigenvalue weighted by Crippen LogP contribution is -2.30. The third-order valence-corrected chi connectivity index (χ3v) is 15.6. The van der Waals surface area contributed by atoms with E-state index in [2.05, 4.69) is 118 Å². The van der Waals surface area contributed by atoms with Crippen LogP contribution in [0.3, 0.4) is 0 Å². The Kier molecular flexibility index (Phi) is 67.7. The molecule has 0 aliphatic carbocycles. The van der Waals surface area contributed by atoms with Crippen LogP contribution in [-0.4, -0.2) is 37.2 Å². The average Bonchev–Trinajstić information content (AvgIpc) is 3.49. The molecule has 478 valence electrons. The van der Waals surface area contributed by atoms with Crippen molar-refractivity contribution in [3.8, 4) is 0 Å². The maximum absolute atomic E-state index is 13.0. The smallest absolute Gasteiger partial charge is 0.306 e. The Balaban J connectivity index is 4.26. The van der Waals surface area contributed by atoms with Gasteiger partial charge < -0.3 is 14.2 Å². The van der Waals surface area contributed by atoms with E-state index in [4.69, 9.17) is 14.2 Å². The quantitative estimate of drug-likeness (QED) is 0.0261. The Labute approximate surface area is 515 Å². The molecule has 0 saturated heterocycles. The van der Waals surface area contributed by atoms with E-state index in [1.807, 2.05) is 0 Å². The first-order valence-electron chi connectivity index (χ1n) is 35.7. The van der Waals surface area contributed by atoms with Gasteiger partial charge >= 0.3 is 17.9 Å². The highest BCUT2D eigenvalue weighted by Gasteiger charge is 2.19. The summed E-state index contributed by atoms with van der Waals surface area (Å²) >= 11 is 0. The van der Waals surface area contributed by atoms with E-state index in [0.717, 1.165) is 109 Å². The Morgan fingerprint density at radius 3 is 0.759 bits per heavy atom. The van der Waals surface area contributed by atoms with Crippen LogP contribution in [0, 0.1) is 0 Å². The number of esters is 3. The van der Waals surface area contributed by atoms with E-state index in [1.54, 1.807) is 0 Å². The molecule has 1 atom stereocenters. The van der Waals surface area contributed by atoms with Crippen LogP contribution in [0.5, 0.6) is 0 Å². The maximum Gasteiger partial charge on any atom is 0.306 e. The zero-order chi connectivity index (χ0) is 59.9. The van der Waals surface area contributed by atoms with Crippen molar-refractivity contribution in [3.05, 3.63) is 97.2 Å². The number of rotatable bonds is 65. The molecule has 83 heavy (non-hydrogen) atoms. The number of unbranched alkanes of at least 4 members (excludes halogenated alkanes) is 38. The Hall–Kier alpha value is -3.67. The van der Waals surface area contributed by atoms with E-state index in [0.29, 0.717) is 19.3 Å². The average molecular weight is 1160 g/mol. The van der Waals surface area contributed by atoms with E-state index in [9.17, 15) is 14.4 Å². The van der Waals surface area contributed by atoms with Gasteiger partial charge in [0, 0.05) is 19.3 Å². The van der Waals surface area contributed by atoms with Crippen LogP contribution < -0.4 is 0 Å². The maximum atomic E-state index is 13.0. The number of hydrogen-bond acceptors (Lipinski definition) is 6. The van der Waals surface area contributed by atoms with Crippen LogP contribution in [0.15, 0.2) is 97.2 Å². The third-order valence-electron chi connectivity index (χ3n) is 15.6. The second kappa shape index (κ2) is 70.8. The summed E-state index contributed by atoms with van der Waals surface area (Å²) < 4.78 is 17.0. The number of carbonyl (C=O) groups is 3. The third kappa shape index (κ3) is 69.0. The Morgan fingerprint density at radius 2 is 0.470 bits per heavy atom. The SMILES string of the molecule is CC/C=C\C/C=C\C/C=C\C/C=C\CCCCCCCCCCCCCCCCC(=O)OCC(COC(=O)CCCCC/C=C\C/C=C\C/C=C\CC)OC(=O)CCCCCCCCCCCCCCC/C=C\CCCCCCCCCC. The molecule has 0 spiro atoms. The van der Waals surface area contributed by atoms with Gasteiger partial charge in [-0.15, -0.1) is 0 Å². The van der Waals surface area contributed by atoms with Gasteiger partial charge in [0.25, 0.3) is 0 Å².